The molecule has 1 fully saturated rings. The van der Waals surface area contributed by atoms with Crippen LogP contribution in [0.3, 0.4) is 0 Å². The Hall–Kier alpha value is -2.11. The molecule has 1 aliphatic rings. The number of nitrogens with one attached hydrogen (secondary N) is 1. The standard InChI is InChI=1S/C20H27N5O4S2/c1-12-6-5-7-15(13(12)2)21-18(26)11-30-20-23-22-19-25(20)16-10-14(8-9-17(16)29-19)31(27,28)24(3)4/h8-10,12-13,15H,5-7,11H2,1-4H3,(H,21,26). The number of aromatic nitrogens is 3. The van der Waals surface area contributed by atoms with Crippen molar-refractivity contribution in [3.63, 3.8) is 0 Å². The molecule has 0 spiro atoms. The number of rotatable bonds is 6. The molecule has 2 heterocycles. The highest BCUT2D eigenvalue weighted by atomic mass is 32.2. The maximum absolute atomic E-state index is 12.6. The molecule has 31 heavy (non-hydrogen) atoms. The topological polar surface area (TPSA) is 110 Å². The Labute approximate surface area is 185 Å². The lowest BCUT2D eigenvalue weighted by molar-refractivity contribution is -0.120. The van der Waals surface area contributed by atoms with Gasteiger partial charge in [-0.3, -0.25) is 4.79 Å². The van der Waals surface area contributed by atoms with Gasteiger partial charge in [-0.2, -0.15) is 0 Å². The van der Waals surface area contributed by atoms with Crippen LogP contribution in [0.4, 0.5) is 0 Å². The van der Waals surface area contributed by atoms with Crippen LogP contribution >= 0.6 is 11.8 Å². The molecule has 0 bridgehead atoms. The van der Waals surface area contributed by atoms with Crippen LogP contribution in [0, 0.1) is 11.8 Å². The van der Waals surface area contributed by atoms with E-state index in [-0.39, 0.29) is 28.4 Å². The average Bonchev–Trinajstić information content (AvgIpc) is 3.28. The van der Waals surface area contributed by atoms with Crippen LogP contribution < -0.4 is 5.32 Å². The number of nitrogens with zero attached hydrogens (tertiary/aromatic N) is 4. The van der Waals surface area contributed by atoms with Crippen molar-refractivity contribution in [1.82, 2.24) is 24.2 Å². The number of sulfonamides is 1. The third-order valence-corrected chi connectivity index (χ3v) is 8.88. The Balaban J connectivity index is 1.55. The SMILES string of the molecule is CC1CCCC(NC(=O)CSc2nnc3oc4ccc(S(=O)(=O)N(C)C)cc4n23)C1C. The lowest BCUT2D eigenvalue weighted by atomic mass is 9.78. The first-order chi connectivity index (χ1) is 14.7. The minimum absolute atomic E-state index is 0.0450. The number of fused-ring (bicyclic) bond motifs is 3. The number of benzene rings is 1. The quantitative estimate of drug-likeness (QED) is 0.557. The van der Waals surface area contributed by atoms with E-state index in [1.165, 1.54) is 38.3 Å². The minimum atomic E-state index is -3.60. The summed E-state index contributed by atoms with van der Waals surface area (Å²) in [6, 6.07) is 4.84. The van der Waals surface area contributed by atoms with Crippen molar-refractivity contribution in [1.29, 1.82) is 0 Å². The maximum atomic E-state index is 12.6. The summed E-state index contributed by atoms with van der Waals surface area (Å²) in [4.78, 5) is 12.7. The van der Waals surface area contributed by atoms with Crippen molar-refractivity contribution < 1.29 is 17.6 Å². The van der Waals surface area contributed by atoms with Crippen molar-refractivity contribution in [2.24, 2.45) is 11.8 Å². The second-order valence-corrected chi connectivity index (χ2v) is 11.4. The zero-order valence-corrected chi connectivity index (χ0v) is 19.7. The van der Waals surface area contributed by atoms with Crippen LogP contribution in [0.1, 0.15) is 33.1 Å². The van der Waals surface area contributed by atoms with E-state index < -0.39 is 10.0 Å². The summed E-state index contributed by atoms with van der Waals surface area (Å²) >= 11 is 1.25. The number of oxazole rings is 1. The fraction of sp³-hybridized carbons (Fsp3) is 0.550. The molecule has 168 valence electrons. The number of hydrogen-bond donors (Lipinski definition) is 1. The first-order valence-corrected chi connectivity index (χ1v) is 12.7. The van der Waals surface area contributed by atoms with Crippen molar-refractivity contribution in [2.75, 3.05) is 19.8 Å². The average molecular weight is 466 g/mol. The third kappa shape index (κ3) is 4.18. The van der Waals surface area contributed by atoms with E-state index in [2.05, 4.69) is 29.4 Å². The van der Waals surface area contributed by atoms with E-state index in [4.69, 9.17) is 4.42 Å². The molecule has 9 nitrogen and oxygen atoms in total. The Kier molecular flexibility index (Phi) is 6.01. The van der Waals surface area contributed by atoms with Gasteiger partial charge in [0.05, 0.1) is 16.2 Å². The molecule has 11 heteroatoms. The van der Waals surface area contributed by atoms with Crippen LogP contribution in [0.15, 0.2) is 32.7 Å². The summed E-state index contributed by atoms with van der Waals surface area (Å²) in [5, 5.41) is 11.8. The van der Waals surface area contributed by atoms with E-state index in [0.29, 0.717) is 28.1 Å². The molecule has 3 atom stereocenters. The van der Waals surface area contributed by atoms with Gasteiger partial charge in [0.2, 0.25) is 15.9 Å². The summed E-state index contributed by atoms with van der Waals surface area (Å²) in [7, 11) is -0.630. The summed E-state index contributed by atoms with van der Waals surface area (Å²) in [6.45, 7) is 4.43. The second-order valence-electron chi connectivity index (χ2n) is 8.35. The molecule has 1 amide bonds. The smallest absolute Gasteiger partial charge is 0.328 e. The predicted octanol–water partition coefficient (Wildman–Crippen LogP) is 2.76. The summed E-state index contributed by atoms with van der Waals surface area (Å²) in [5.41, 5.74) is 1.04. The number of amides is 1. The van der Waals surface area contributed by atoms with Gasteiger partial charge in [-0.05, 0) is 36.5 Å². The number of hydrogen-bond acceptors (Lipinski definition) is 7. The summed E-state index contributed by atoms with van der Waals surface area (Å²) in [6.07, 6.45) is 3.35. The Morgan fingerprint density at radius 3 is 2.81 bits per heavy atom. The Morgan fingerprint density at radius 1 is 1.29 bits per heavy atom. The molecule has 1 aromatic carbocycles. The van der Waals surface area contributed by atoms with Crippen molar-refractivity contribution in [2.45, 2.75) is 49.2 Å². The second kappa shape index (κ2) is 8.44. The Bertz CT molecular complexity index is 1220. The van der Waals surface area contributed by atoms with Gasteiger partial charge in [-0.15, -0.1) is 5.10 Å². The van der Waals surface area contributed by atoms with E-state index in [1.807, 2.05) is 0 Å². The first-order valence-electron chi connectivity index (χ1n) is 10.3. The zero-order valence-electron chi connectivity index (χ0n) is 18.0. The van der Waals surface area contributed by atoms with Gasteiger partial charge in [0.15, 0.2) is 10.7 Å². The van der Waals surface area contributed by atoms with Gasteiger partial charge in [-0.1, -0.05) is 43.5 Å². The predicted molar refractivity (Wildman–Crippen MR) is 118 cm³/mol. The highest BCUT2D eigenvalue weighted by Crippen LogP contribution is 2.30. The molecule has 2 aromatic heterocycles. The van der Waals surface area contributed by atoms with E-state index in [9.17, 15) is 13.2 Å². The van der Waals surface area contributed by atoms with Crippen LogP contribution in [0.25, 0.3) is 16.9 Å². The third-order valence-electron chi connectivity index (χ3n) is 6.14. The summed E-state index contributed by atoms with van der Waals surface area (Å²) in [5.74, 6) is 1.47. The number of thioether (sulfide) groups is 1. The molecule has 1 saturated carbocycles. The van der Waals surface area contributed by atoms with Crippen molar-refractivity contribution >= 4 is 44.6 Å². The van der Waals surface area contributed by atoms with Crippen molar-refractivity contribution in [3.05, 3.63) is 18.2 Å². The first kappa shape index (κ1) is 22.1. The Morgan fingerprint density at radius 2 is 2.06 bits per heavy atom. The monoisotopic (exact) mass is 465 g/mol. The molecule has 4 rings (SSSR count). The van der Waals surface area contributed by atoms with E-state index in [1.54, 1.807) is 16.5 Å². The summed E-state index contributed by atoms with van der Waals surface area (Å²) < 4.78 is 33.5. The number of carbonyl (C=O) groups excluding carboxylic acids is 1. The molecule has 0 radical (unpaired) electrons. The van der Waals surface area contributed by atoms with Gasteiger partial charge in [0.25, 0.3) is 0 Å². The van der Waals surface area contributed by atoms with Gasteiger partial charge in [0, 0.05) is 20.1 Å². The zero-order chi connectivity index (χ0) is 22.3. The largest absolute Gasteiger partial charge is 0.422 e. The lowest BCUT2D eigenvalue weighted by Gasteiger charge is -2.34. The molecule has 3 unspecified atom stereocenters. The van der Waals surface area contributed by atoms with Gasteiger partial charge < -0.3 is 9.73 Å². The molecule has 0 aliphatic heterocycles. The van der Waals surface area contributed by atoms with Crippen LogP contribution in [0.2, 0.25) is 0 Å². The molecule has 1 N–H and O–H groups in total. The molecule has 3 aromatic rings. The number of carbonyl (C=O) groups is 1. The molecule has 0 saturated heterocycles. The lowest BCUT2D eigenvalue weighted by Crippen LogP contribution is -2.44. The molecular formula is C20H27N5O4S2. The van der Waals surface area contributed by atoms with E-state index >= 15 is 0 Å². The maximum Gasteiger partial charge on any atom is 0.328 e. The minimum Gasteiger partial charge on any atom is -0.422 e. The normalized spacial score (nSPS) is 22.4. The van der Waals surface area contributed by atoms with Gasteiger partial charge in [-0.25, -0.2) is 17.1 Å². The highest BCUT2D eigenvalue weighted by molar-refractivity contribution is 7.99. The fourth-order valence-corrected chi connectivity index (χ4v) is 5.68. The van der Waals surface area contributed by atoms with Crippen LogP contribution in [0.5, 0.6) is 0 Å². The highest BCUT2D eigenvalue weighted by Gasteiger charge is 2.28. The molecule has 1 aliphatic carbocycles. The van der Waals surface area contributed by atoms with Crippen molar-refractivity contribution in [3.8, 4) is 0 Å². The van der Waals surface area contributed by atoms with E-state index in [0.717, 1.165) is 17.1 Å². The fourth-order valence-electron chi connectivity index (χ4n) is 4.01. The van der Waals surface area contributed by atoms with Crippen LogP contribution in [-0.2, 0) is 14.8 Å². The molecular weight excluding hydrogens is 438 g/mol. The van der Waals surface area contributed by atoms with Gasteiger partial charge in [0.1, 0.15) is 0 Å². The van der Waals surface area contributed by atoms with Gasteiger partial charge >= 0.3 is 5.84 Å². The van der Waals surface area contributed by atoms with Crippen LogP contribution in [-0.4, -0.2) is 59.1 Å².